The molecule has 0 atom stereocenters. The van der Waals surface area contributed by atoms with Crippen LogP contribution in [0.1, 0.15) is 41.3 Å². The number of nitrogens with one attached hydrogen (secondary N) is 1. The molecule has 0 spiro atoms. The molecule has 0 aromatic carbocycles. The summed E-state index contributed by atoms with van der Waals surface area (Å²) in [5, 5.41) is 15.8. The van der Waals surface area contributed by atoms with Gasteiger partial charge in [0.15, 0.2) is 0 Å². The van der Waals surface area contributed by atoms with Crippen molar-refractivity contribution in [3.63, 3.8) is 0 Å². The summed E-state index contributed by atoms with van der Waals surface area (Å²) in [6.45, 7) is 1.64. The van der Waals surface area contributed by atoms with Gasteiger partial charge in [-0.3, -0.25) is 5.10 Å². The summed E-state index contributed by atoms with van der Waals surface area (Å²) in [6.07, 6.45) is 9.03. The predicted molar refractivity (Wildman–Crippen MR) is 92.2 cm³/mol. The van der Waals surface area contributed by atoms with Crippen LogP contribution >= 0.6 is 11.3 Å². The van der Waals surface area contributed by atoms with E-state index < -0.39 is 0 Å². The van der Waals surface area contributed by atoms with Crippen LogP contribution in [-0.4, -0.2) is 26.9 Å². The highest BCUT2D eigenvalue weighted by atomic mass is 32.1. The van der Waals surface area contributed by atoms with Gasteiger partial charge in [0.05, 0.1) is 29.0 Å². The molecule has 0 saturated heterocycles. The van der Waals surface area contributed by atoms with Crippen LogP contribution in [0.2, 0.25) is 0 Å². The Morgan fingerprint density at radius 3 is 3.08 bits per heavy atom. The third-order valence-corrected chi connectivity index (χ3v) is 6.12. The fraction of sp³-hybridized carbons (Fsp3) is 0.471. The second-order valence-corrected chi connectivity index (χ2v) is 7.66. The normalized spacial score (nSPS) is 16.9. The van der Waals surface area contributed by atoms with Crippen molar-refractivity contribution < 1.29 is 4.42 Å². The second-order valence-electron chi connectivity index (χ2n) is 6.53. The zero-order valence-corrected chi connectivity index (χ0v) is 14.2. The highest BCUT2D eigenvalue weighted by Gasteiger charge is 2.22. The molecule has 2 aliphatic rings. The molecule has 6 nitrogen and oxygen atoms in total. The average molecular weight is 341 g/mol. The molecule has 4 heterocycles. The maximum absolute atomic E-state index is 5.96. The van der Waals surface area contributed by atoms with E-state index >= 15 is 0 Å². The predicted octanol–water partition coefficient (Wildman–Crippen LogP) is 3.35. The van der Waals surface area contributed by atoms with Crippen molar-refractivity contribution in [1.29, 1.82) is 0 Å². The van der Waals surface area contributed by atoms with E-state index in [-0.39, 0.29) is 0 Å². The molecule has 0 unspecified atom stereocenters. The molecule has 124 valence electrons. The van der Waals surface area contributed by atoms with Gasteiger partial charge in [-0.1, -0.05) is 0 Å². The first kappa shape index (κ1) is 14.2. The Morgan fingerprint density at radius 2 is 2.12 bits per heavy atom. The van der Waals surface area contributed by atoms with E-state index in [1.54, 1.807) is 0 Å². The van der Waals surface area contributed by atoms with Crippen molar-refractivity contribution in [2.75, 3.05) is 11.4 Å². The number of hydrogen-bond acceptors (Lipinski definition) is 6. The molecule has 1 aliphatic carbocycles. The summed E-state index contributed by atoms with van der Waals surface area (Å²) < 4.78 is 5.96. The van der Waals surface area contributed by atoms with Crippen LogP contribution in [0.4, 0.5) is 5.69 Å². The van der Waals surface area contributed by atoms with E-state index in [0.717, 1.165) is 30.0 Å². The number of thiophene rings is 1. The lowest BCUT2D eigenvalue weighted by molar-refractivity contribution is 0.493. The van der Waals surface area contributed by atoms with Gasteiger partial charge < -0.3 is 9.32 Å². The lowest BCUT2D eigenvalue weighted by atomic mass is 9.99. The molecule has 7 heteroatoms. The molecule has 0 fully saturated rings. The van der Waals surface area contributed by atoms with Gasteiger partial charge in [0.2, 0.25) is 5.89 Å². The zero-order valence-electron chi connectivity index (χ0n) is 13.4. The van der Waals surface area contributed by atoms with Gasteiger partial charge in [0, 0.05) is 11.4 Å². The average Bonchev–Trinajstić information content (AvgIpc) is 3.33. The van der Waals surface area contributed by atoms with Crippen LogP contribution in [0.25, 0.3) is 10.8 Å². The van der Waals surface area contributed by atoms with E-state index in [1.807, 2.05) is 17.5 Å². The number of aryl methyl sites for hydroxylation is 3. The molecule has 3 aromatic heterocycles. The van der Waals surface area contributed by atoms with Gasteiger partial charge in [-0.25, -0.2) is 0 Å². The summed E-state index contributed by atoms with van der Waals surface area (Å²) in [5.41, 5.74) is 3.83. The SMILES string of the molecule is c1c(-c2nnc(CN3CCCc4[nH]ncc43)o2)sc2c1CCCC2. The van der Waals surface area contributed by atoms with Gasteiger partial charge in [0.25, 0.3) is 5.89 Å². The molecular weight excluding hydrogens is 322 g/mol. The van der Waals surface area contributed by atoms with Crippen molar-refractivity contribution in [2.24, 2.45) is 0 Å². The first-order chi connectivity index (χ1) is 11.9. The molecule has 0 bridgehead atoms. The number of aromatic amines is 1. The third-order valence-electron chi connectivity index (χ3n) is 4.89. The number of rotatable bonds is 3. The minimum absolute atomic E-state index is 0.643. The van der Waals surface area contributed by atoms with Crippen molar-refractivity contribution in [3.8, 4) is 10.8 Å². The van der Waals surface area contributed by atoms with Gasteiger partial charge in [-0.15, -0.1) is 21.5 Å². The number of H-pyrrole nitrogens is 1. The fourth-order valence-corrected chi connectivity index (χ4v) is 4.85. The Kier molecular flexibility index (Phi) is 3.40. The molecule has 1 N–H and O–H groups in total. The monoisotopic (exact) mass is 341 g/mol. The molecule has 0 amide bonds. The molecule has 1 aliphatic heterocycles. The van der Waals surface area contributed by atoms with Gasteiger partial charge in [-0.05, 0) is 50.2 Å². The van der Waals surface area contributed by atoms with E-state index in [4.69, 9.17) is 4.42 Å². The van der Waals surface area contributed by atoms with Crippen molar-refractivity contribution in [3.05, 3.63) is 34.3 Å². The number of anilines is 1. The zero-order chi connectivity index (χ0) is 15.9. The first-order valence-corrected chi connectivity index (χ1v) is 9.40. The summed E-state index contributed by atoms with van der Waals surface area (Å²) in [4.78, 5) is 4.87. The van der Waals surface area contributed by atoms with Crippen LogP contribution in [0, 0.1) is 0 Å². The number of hydrogen-bond donors (Lipinski definition) is 1. The summed E-state index contributed by atoms with van der Waals surface area (Å²) in [7, 11) is 0. The molecular formula is C17H19N5OS. The maximum atomic E-state index is 5.96. The van der Waals surface area contributed by atoms with Gasteiger partial charge >= 0.3 is 0 Å². The van der Waals surface area contributed by atoms with E-state index in [9.17, 15) is 0 Å². The quantitative estimate of drug-likeness (QED) is 0.791. The summed E-state index contributed by atoms with van der Waals surface area (Å²) in [5.74, 6) is 1.33. The Labute approximate surface area is 143 Å². The standard InChI is InChI=1S/C17H19N5OS/c1-2-6-14-11(4-1)8-15(24-14)17-21-20-16(23-17)10-22-7-3-5-12-13(22)9-18-19-12/h8-9H,1-7,10H2,(H,18,19). The topological polar surface area (TPSA) is 70.8 Å². The van der Waals surface area contributed by atoms with Crippen LogP contribution in [0.5, 0.6) is 0 Å². The Balaban J connectivity index is 1.37. The minimum Gasteiger partial charge on any atom is -0.418 e. The second kappa shape index (κ2) is 5.73. The van der Waals surface area contributed by atoms with Crippen molar-refractivity contribution in [2.45, 2.75) is 45.1 Å². The largest absolute Gasteiger partial charge is 0.418 e. The molecule has 5 rings (SSSR count). The Hall–Kier alpha value is -2.15. The first-order valence-electron chi connectivity index (χ1n) is 8.58. The summed E-state index contributed by atoms with van der Waals surface area (Å²) >= 11 is 1.81. The van der Waals surface area contributed by atoms with Crippen LogP contribution < -0.4 is 4.90 Å². The highest BCUT2D eigenvalue weighted by Crippen LogP contribution is 2.35. The Bertz CT molecular complexity index is 841. The lowest BCUT2D eigenvalue weighted by Gasteiger charge is -2.26. The number of nitrogens with zero attached hydrogens (tertiary/aromatic N) is 4. The molecule has 0 radical (unpaired) electrons. The van der Waals surface area contributed by atoms with E-state index in [1.165, 1.54) is 41.8 Å². The fourth-order valence-electron chi connectivity index (χ4n) is 3.67. The van der Waals surface area contributed by atoms with Crippen LogP contribution in [0.15, 0.2) is 16.7 Å². The number of fused-ring (bicyclic) bond motifs is 2. The van der Waals surface area contributed by atoms with Crippen LogP contribution in [-0.2, 0) is 25.8 Å². The van der Waals surface area contributed by atoms with Crippen LogP contribution in [0.3, 0.4) is 0 Å². The van der Waals surface area contributed by atoms with E-state index in [0.29, 0.717) is 18.3 Å². The molecule has 24 heavy (non-hydrogen) atoms. The Morgan fingerprint density at radius 1 is 1.17 bits per heavy atom. The highest BCUT2D eigenvalue weighted by molar-refractivity contribution is 7.15. The minimum atomic E-state index is 0.643. The lowest BCUT2D eigenvalue weighted by Crippen LogP contribution is -2.28. The summed E-state index contributed by atoms with van der Waals surface area (Å²) in [6, 6.07) is 2.24. The number of aromatic nitrogens is 4. The third kappa shape index (κ3) is 2.43. The van der Waals surface area contributed by atoms with E-state index in [2.05, 4.69) is 31.4 Å². The van der Waals surface area contributed by atoms with Gasteiger partial charge in [-0.2, -0.15) is 5.10 Å². The molecule has 0 saturated carbocycles. The van der Waals surface area contributed by atoms with Crippen molar-refractivity contribution >= 4 is 17.0 Å². The molecule has 3 aromatic rings. The van der Waals surface area contributed by atoms with Gasteiger partial charge in [0.1, 0.15) is 0 Å². The maximum Gasteiger partial charge on any atom is 0.257 e. The van der Waals surface area contributed by atoms with Crippen molar-refractivity contribution in [1.82, 2.24) is 20.4 Å². The smallest absolute Gasteiger partial charge is 0.257 e.